The van der Waals surface area contributed by atoms with Crippen molar-refractivity contribution in [3.8, 4) is 0 Å². The highest BCUT2D eigenvalue weighted by molar-refractivity contribution is 5.92. The second-order valence-corrected chi connectivity index (χ2v) is 9.86. The van der Waals surface area contributed by atoms with Crippen LogP contribution in [0.3, 0.4) is 0 Å². The molecule has 3 heterocycles. The minimum atomic E-state index is 0.0594. The van der Waals surface area contributed by atoms with E-state index in [4.69, 9.17) is 9.47 Å². The van der Waals surface area contributed by atoms with Crippen LogP contribution in [0.15, 0.2) is 71.4 Å². The Kier molecular flexibility index (Phi) is 7.61. The van der Waals surface area contributed by atoms with Gasteiger partial charge in [0.1, 0.15) is 12.0 Å². The standard InChI is InChI=1S/C30H37N3O3/c1-3-22-10-11-29-27(17-22)28(19-30(34)33(29)4-2)31-24-12-14-32(15-13-24)25(18-26-20-35-21-36-26)16-23-8-6-5-7-9-23/h5-11,17,19-20,24-25,31H,3-4,12-16,18,21H2,1-2H3. The summed E-state index contributed by atoms with van der Waals surface area (Å²) in [5, 5.41) is 4.90. The summed E-state index contributed by atoms with van der Waals surface area (Å²) in [5.41, 5.74) is 4.67. The molecule has 1 saturated heterocycles. The molecule has 0 amide bonds. The molecule has 0 aliphatic carbocycles. The van der Waals surface area contributed by atoms with Crippen molar-refractivity contribution in [2.75, 3.05) is 25.2 Å². The lowest BCUT2D eigenvalue weighted by molar-refractivity contribution is 0.0693. The van der Waals surface area contributed by atoms with Gasteiger partial charge in [-0.15, -0.1) is 0 Å². The topological polar surface area (TPSA) is 55.7 Å². The van der Waals surface area contributed by atoms with Crippen LogP contribution < -0.4 is 10.9 Å². The molecule has 6 heteroatoms. The maximum atomic E-state index is 12.8. The molecule has 0 bridgehead atoms. The number of rotatable bonds is 9. The number of fused-ring (bicyclic) bond motifs is 1. The van der Waals surface area contributed by atoms with E-state index in [2.05, 4.69) is 65.7 Å². The molecule has 1 aromatic heterocycles. The van der Waals surface area contributed by atoms with E-state index < -0.39 is 0 Å². The molecule has 0 radical (unpaired) electrons. The fourth-order valence-electron chi connectivity index (χ4n) is 5.55. The molecule has 0 saturated carbocycles. The number of hydrogen-bond acceptors (Lipinski definition) is 5. The number of pyridine rings is 1. The molecule has 1 N–H and O–H groups in total. The van der Waals surface area contributed by atoms with Gasteiger partial charge in [-0.05, 0) is 55.9 Å². The van der Waals surface area contributed by atoms with Crippen molar-refractivity contribution >= 4 is 16.6 Å². The maximum absolute atomic E-state index is 12.8. The van der Waals surface area contributed by atoms with Gasteiger partial charge in [-0.1, -0.05) is 43.3 Å². The zero-order chi connectivity index (χ0) is 24.9. The van der Waals surface area contributed by atoms with E-state index in [0.29, 0.717) is 25.4 Å². The van der Waals surface area contributed by atoms with Crippen LogP contribution in [0, 0.1) is 0 Å². The number of piperidine rings is 1. The molecule has 2 aromatic carbocycles. The second-order valence-electron chi connectivity index (χ2n) is 9.86. The fourth-order valence-corrected chi connectivity index (χ4v) is 5.55. The highest BCUT2D eigenvalue weighted by atomic mass is 16.7. The van der Waals surface area contributed by atoms with Crippen molar-refractivity contribution in [1.82, 2.24) is 9.47 Å². The van der Waals surface area contributed by atoms with Gasteiger partial charge in [0.2, 0.25) is 6.79 Å². The lowest BCUT2D eigenvalue weighted by Crippen LogP contribution is -2.45. The van der Waals surface area contributed by atoms with Gasteiger partial charge >= 0.3 is 0 Å². The van der Waals surface area contributed by atoms with Crippen molar-refractivity contribution in [3.05, 3.63) is 88.1 Å². The summed E-state index contributed by atoms with van der Waals surface area (Å²) in [6, 6.07) is 19.7. The zero-order valence-electron chi connectivity index (χ0n) is 21.4. The summed E-state index contributed by atoms with van der Waals surface area (Å²) in [5.74, 6) is 0.936. The van der Waals surface area contributed by atoms with Crippen LogP contribution in [0.4, 0.5) is 5.69 Å². The van der Waals surface area contributed by atoms with Gasteiger partial charge in [-0.2, -0.15) is 0 Å². The van der Waals surface area contributed by atoms with Crippen molar-refractivity contribution in [3.63, 3.8) is 0 Å². The van der Waals surface area contributed by atoms with E-state index in [1.165, 1.54) is 11.1 Å². The number of nitrogens with zero attached hydrogens (tertiary/aromatic N) is 2. The molecular weight excluding hydrogens is 450 g/mol. The molecule has 1 fully saturated rings. The maximum Gasteiger partial charge on any atom is 0.253 e. The van der Waals surface area contributed by atoms with Crippen LogP contribution in [-0.4, -0.2) is 41.4 Å². The number of benzene rings is 2. The third kappa shape index (κ3) is 5.44. The minimum Gasteiger partial charge on any atom is -0.462 e. The Morgan fingerprint density at radius 3 is 2.50 bits per heavy atom. The molecule has 0 spiro atoms. The van der Waals surface area contributed by atoms with E-state index in [-0.39, 0.29) is 5.56 Å². The highest BCUT2D eigenvalue weighted by Gasteiger charge is 2.27. The SMILES string of the molecule is CCc1ccc2c(c1)c(NC1CCN(C(CC3=COCO3)Cc3ccccc3)CC1)cc(=O)n2CC. The predicted octanol–water partition coefficient (Wildman–Crippen LogP) is 5.31. The number of ether oxygens (including phenoxy) is 2. The highest BCUT2D eigenvalue weighted by Crippen LogP contribution is 2.28. The van der Waals surface area contributed by atoms with Gasteiger partial charge in [-0.3, -0.25) is 9.69 Å². The van der Waals surface area contributed by atoms with Gasteiger partial charge in [-0.25, -0.2) is 0 Å². The minimum absolute atomic E-state index is 0.0594. The molecule has 36 heavy (non-hydrogen) atoms. The molecule has 1 unspecified atom stereocenters. The van der Waals surface area contributed by atoms with Gasteiger partial charge in [0, 0.05) is 55.3 Å². The Bertz CT molecular complexity index is 1260. The molecule has 6 nitrogen and oxygen atoms in total. The molecule has 5 rings (SSSR count). The predicted molar refractivity (Wildman–Crippen MR) is 145 cm³/mol. The van der Waals surface area contributed by atoms with E-state index in [1.54, 1.807) is 12.3 Å². The van der Waals surface area contributed by atoms with Crippen LogP contribution in [0.1, 0.15) is 44.2 Å². The Balaban J connectivity index is 1.30. The molecule has 2 aliphatic heterocycles. The number of hydrogen-bond donors (Lipinski definition) is 1. The summed E-state index contributed by atoms with van der Waals surface area (Å²) in [6.07, 6.45) is 6.65. The number of likely N-dealkylation sites (tertiary alicyclic amines) is 1. The second kappa shape index (κ2) is 11.2. The van der Waals surface area contributed by atoms with Crippen LogP contribution in [0.2, 0.25) is 0 Å². The first-order valence-corrected chi connectivity index (χ1v) is 13.3. The van der Waals surface area contributed by atoms with Gasteiger partial charge in [0.05, 0.1) is 5.52 Å². The van der Waals surface area contributed by atoms with E-state index in [1.807, 2.05) is 11.5 Å². The quantitative estimate of drug-likeness (QED) is 0.444. The lowest BCUT2D eigenvalue weighted by atomic mass is 9.96. The monoisotopic (exact) mass is 487 g/mol. The Morgan fingerprint density at radius 2 is 1.81 bits per heavy atom. The number of aryl methyl sites for hydroxylation is 2. The molecule has 190 valence electrons. The first kappa shape index (κ1) is 24.4. The first-order chi connectivity index (χ1) is 17.6. The summed E-state index contributed by atoms with van der Waals surface area (Å²) >= 11 is 0. The average molecular weight is 488 g/mol. The van der Waals surface area contributed by atoms with Gasteiger partial charge < -0.3 is 19.4 Å². The Morgan fingerprint density at radius 1 is 1.00 bits per heavy atom. The van der Waals surface area contributed by atoms with E-state index >= 15 is 0 Å². The van der Waals surface area contributed by atoms with Crippen molar-refractivity contribution < 1.29 is 9.47 Å². The number of aromatic nitrogens is 1. The van der Waals surface area contributed by atoms with Gasteiger partial charge in [0.25, 0.3) is 5.56 Å². The Labute approximate surface area is 213 Å². The fraction of sp³-hybridized carbons (Fsp3) is 0.433. The summed E-state index contributed by atoms with van der Waals surface area (Å²) in [6.45, 7) is 7.21. The molecular formula is C30H37N3O3. The van der Waals surface area contributed by atoms with E-state index in [0.717, 1.165) is 67.5 Å². The summed E-state index contributed by atoms with van der Waals surface area (Å²) in [7, 11) is 0. The van der Waals surface area contributed by atoms with Gasteiger partial charge in [0.15, 0.2) is 0 Å². The third-order valence-corrected chi connectivity index (χ3v) is 7.58. The Hall–Kier alpha value is -3.25. The van der Waals surface area contributed by atoms with Crippen LogP contribution in [-0.2, 0) is 28.9 Å². The number of anilines is 1. The summed E-state index contributed by atoms with van der Waals surface area (Å²) < 4.78 is 12.8. The summed E-state index contributed by atoms with van der Waals surface area (Å²) in [4.78, 5) is 15.4. The van der Waals surface area contributed by atoms with Crippen molar-refractivity contribution in [2.45, 2.75) is 64.6 Å². The van der Waals surface area contributed by atoms with Crippen molar-refractivity contribution in [1.29, 1.82) is 0 Å². The molecule has 3 aromatic rings. The average Bonchev–Trinajstić information content (AvgIpc) is 3.42. The normalized spacial score (nSPS) is 17.4. The lowest BCUT2D eigenvalue weighted by Gasteiger charge is -2.38. The smallest absolute Gasteiger partial charge is 0.253 e. The first-order valence-electron chi connectivity index (χ1n) is 13.3. The van der Waals surface area contributed by atoms with E-state index in [9.17, 15) is 4.79 Å². The van der Waals surface area contributed by atoms with Crippen LogP contribution in [0.25, 0.3) is 10.9 Å². The van der Waals surface area contributed by atoms with Crippen LogP contribution >= 0.6 is 0 Å². The molecule has 1 atom stereocenters. The number of nitrogens with one attached hydrogen (secondary N) is 1. The third-order valence-electron chi connectivity index (χ3n) is 7.58. The zero-order valence-corrected chi connectivity index (χ0v) is 21.4. The molecule has 2 aliphatic rings. The largest absolute Gasteiger partial charge is 0.462 e. The van der Waals surface area contributed by atoms with Crippen molar-refractivity contribution in [2.24, 2.45) is 0 Å². The van der Waals surface area contributed by atoms with Crippen LogP contribution in [0.5, 0.6) is 0 Å².